The van der Waals surface area contributed by atoms with E-state index in [1.165, 1.54) is 24.3 Å². The van der Waals surface area contributed by atoms with Crippen LogP contribution in [0.1, 0.15) is 56.1 Å². The van der Waals surface area contributed by atoms with Crippen LogP contribution in [-0.4, -0.2) is 77.9 Å². The molecule has 45 heavy (non-hydrogen) atoms. The monoisotopic (exact) mass is 640 g/mol. The highest BCUT2D eigenvalue weighted by molar-refractivity contribution is 7.91. The topological polar surface area (TPSA) is 197 Å². The number of benzene rings is 2. The number of sulfone groups is 1. The number of nitrogens with one attached hydrogen (secondary N) is 3. The summed E-state index contributed by atoms with van der Waals surface area (Å²) in [6.45, 7) is 6.67. The molecule has 1 fully saturated rings. The highest BCUT2D eigenvalue weighted by Crippen LogP contribution is 2.32. The van der Waals surface area contributed by atoms with Crippen LogP contribution in [0.3, 0.4) is 0 Å². The lowest BCUT2D eigenvalue weighted by atomic mass is 9.93. The van der Waals surface area contributed by atoms with Gasteiger partial charge in [-0.3, -0.25) is 15.5 Å². The van der Waals surface area contributed by atoms with E-state index in [2.05, 4.69) is 5.32 Å². The summed E-state index contributed by atoms with van der Waals surface area (Å²) in [5, 5.41) is 22.5. The summed E-state index contributed by atoms with van der Waals surface area (Å²) >= 11 is 0. The molecule has 0 aliphatic carbocycles. The number of piperidine rings is 1. The van der Waals surface area contributed by atoms with Gasteiger partial charge in [0, 0.05) is 37.1 Å². The number of aromatic nitrogens is 1. The van der Waals surface area contributed by atoms with Crippen LogP contribution in [0.4, 0.5) is 15.3 Å². The number of anilines is 1. The van der Waals surface area contributed by atoms with Crippen molar-refractivity contribution < 1.29 is 32.6 Å². The highest BCUT2D eigenvalue weighted by atomic mass is 32.2. The molecule has 14 heteroatoms. The zero-order valence-corrected chi connectivity index (χ0v) is 26.4. The summed E-state index contributed by atoms with van der Waals surface area (Å²) in [6.07, 6.45) is 0.299. The number of rotatable bonds is 9. The lowest BCUT2D eigenvalue weighted by Crippen LogP contribution is -2.40. The molecule has 3 amide bonds. The SMILES string of the molecule is CC(C)(C)OC(=O)NCCC1CCN(C(=O)c2c(N)c3ccc(C(=N)NC(=O)O)cc3n2CCS(=O)(=O)c2ccccc2)CC1. The van der Waals surface area contributed by atoms with Gasteiger partial charge in [0.25, 0.3) is 5.91 Å². The fourth-order valence-electron chi connectivity index (χ4n) is 5.40. The Morgan fingerprint density at radius 3 is 2.38 bits per heavy atom. The second-order valence-electron chi connectivity index (χ2n) is 12.0. The number of hydrogen-bond acceptors (Lipinski definition) is 8. The maximum Gasteiger partial charge on any atom is 0.410 e. The maximum absolute atomic E-state index is 14.0. The number of aryl methyl sites for hydroxylation is 1. The first-order chi connectivity index (χ1) is 21.2. The summed E-state index contributed by atoms with van der Waals surface area (Å²) < 4.78 is 33.2. The third kappa shape index (κ3) is 8.32. The molecule has 1 aliphatic rings. The van der Waals surface area contributed by atoms with Gasteiger partial charge in [0.2, 0.25) is 0 Å². The molecule has 0 saturated carbocycles. The zero-order valence-electron chi connectivity index (χ0n) is 25.6. The van der Waals surface area contributed by atoms with E-state index in [-0.39, 0.29) is 45.9 Å². The Morgan fingerprint density at radius 2 is 1.76 bits per heavy atom. The van der Waals surface area contributed by atoms with Gasteiger partial charge in [0.1, 0.15) is 17.1 Å². The minimum absolute atomic E-state index is 0.0953. The molecule has 4 rings (SSSR count). The van der Waals surface area contributed by atoms with Crippen molar-refractivity contribution in [2.75, 3.05) is 31.1 Å². The lowest BCUT2D eigenvalue weighted by molar-refractivity contribution is 0.0522. The molecule has 0 spiro atoms. The molecule has 13 nitrogen and oxygen atoms in total. The molecular formula is C31H40N6O7S. The molecule has 1 aromatic heterocycles. The van der Waals surface area contributed by atoms with Crippen LogP contribution in [0.15, 0.2) is 53.4 Å². The number of fused-ring (bicyclic) bond motifs is 1. The molecule has 2 aromatic carbocycles. The molecule has 2 heterocycles. The van der Waals surface area contributed by atoms with E-state index in [1.807, 2.05) is 5.32 Å². The van der Waals surface area contributed by atoms with Gasteiger partial charge in [-0.15, -0.1) is 0 Å². The van der Waals surface area contributed by atoms with Crippen molar-refractivity contribution in [3.63, 3.8) is 0 Å². The molecule has 0 radical (unpaired) electrons. The van der Waals surface area contributed by atoms with Crippen molar-refractivity contribution in [3.8, 4) is 0 Å². The number of nitrogens with zero attached hydrogens (tertiary/aromatic N) is 2. The molecule has 0 bridgehead atoms. The minimum atomic E-state index is -3.72. The highest BCUT2D eigenvalue weighted by Gasteiger charge is 2.30. The molecule has 6 N–H and O–H groups in total. The molecule has 0 unspecified atom stereocenters. The third-order valence-electron chi connectivity index (χ3n) is 7.64. The molecule has 1 saturated heterocycles. The van der Waals surface area contributed by atoms with Gasteiger partial charge in [-0.25, -0.2) is 18.0 Å². The fourth-order valence-corrected chi connectivity index (χ4v) is 6.63. The number of carbonyl (C=O) groups excluding carboxylic acids is 2. The first-order valence-electron chi connectivity index (χ1n) is 14.7. The number of nitrogens with two attached hydrogens (primary N) is 1. The van der Waals surface area contributed by atoms with Crippen LogP contribution >= 0.6 is 0 Å². The van der Waals surface area contributed by atoms with Gasteiger partial charge >= 0.3 is 12.2 Å². The van der Waals surface area contributed by atoms with Crippen LogP contribution in [0, 0.1) is 11.3 Å². The van der Waals surface area contributed by atoms with Crippen molar-refractivity contribution in [3.05, 3.63) is 59.8 Å². The number of likely N-dealkylation sites (tertiary alicyclic amines) is 1. The van der Waals surface area contributed by atoms with E-state index >= 15 is 0 Å². The van der Waals surface area contributed by atoms with Gasteiger partial charge in [-0.2, -0.15) is 0 Å². The Bertz CT molecular complexity index is 1690. The van der Waals surface area contributed by atoms with Crippen LogP contribution < -0.4 is 16.4 Å². The Balaban J connectivity index is 1.56. The van der Waals surface area contributed by atoms with E-state index in [0.717, 1.165) is 6.42 Å². The third-order valence-corrected chi connectivity index (χ3v) is 9.35. The second-order valence-corrected chi connectivity index (χ2v) is 14.1. The van der Waals surface area contributed by atoms with Gasteiger partial charge in [-0.05, 0) is 70.2 Å². The van der Waals surface area contributed by atoms with Gasteiger partial charge < -0.3 is 30.4 Å². The fraction of sp³-hybridized carbons (Fsp3) is 0.419. The molecule has 0 atom stereocenters. The van der Waals surface area contributed by atoms with Crippen molar-refractivity contribution in [1.82, 2.24) is 20.1 Å². The van der Waals surface area contributed by atoms with E-state index in [9.17, 15) is 22.8 Å². The quantitative estimate of drug-likeness (QED) is 0.170. The van der Waals surface area contributed by atoms with Crippen LogP contribution in [0.5, 0.6) is 0 Å². The largest absolute Gasteiger partial charge is 0.465 e. The summed E-state index contributed by atoms with van der Waals surface area (Å²) in [4.78, 5) is 38.9. The Kier molecular flexibility index (Phi) is 10.1. The average molecular weight is 641 g/mol. The minimum Gasteiger partial charge on any atom is -0.465 e. The number of hydrogen-bond donors (Lipinski definition) is 5. The summed E-state index contributed by atoms with van der Waals surface area (Å²) in [5.74, 6) is -0.740. The smallest absolute Gasteiger partial charge is 0.410 e. The van der Waals surface area contributed by atoms with Crippen molar-refractivity contribution in [1.29, 1.82) is 5.41 Å². The van der Waals surface area contributed by atoms with Gasteiger partial charge in [-0.1, -0.05) is 24.3 Å². The van der Waals surface area contributed by atoms with Crippen LogP contribution in [-0.2, 0) is 21.1 Å². The molecule has 3 aromatic rings. The average Bonchev–Trinajstić information content (AvgIpc) is 3.25. The number of ether oxygens (including phenoxy) is 1. The molecular weight excluding hydrogens is 600 g/mol. The first kappa shape index (κ1) is 33.3. The molecule has 242 valence electrons. The number of alkyl carbamates (subject to hydrolysis) is 1. The van der Waals surface area contributed by atoms with Crippen molar-refractivity contribution in [2.45, 2.75) is 57.1 Å². The van der Waals surface area contributed by atoms with Crippen molar-refractivity contribution >= 4 is 50.4 Å². The summed E-state index contributed by atoms with van der Waals surface area (Å²) in [6, 6.07) is 12.7. The van der Waals surface area contributed by atoms with E-state index in [1.54, 1.807) is 54.5 Å². The van der Waals surface area contributed by atoms with Crippen LogP contribution in [0.2, 0.25) is 0 Å². The molecule has 1 aliphatic heterocycles. The van der Waals surface area contributed by atoms with Crippen LogP contribution in [0.25, 0.3) is 10.9 Å². The number of carboxylic acid groups (broad SMARTS) is 1. The van der Waals surface area contributed by atoms with Crippen molar-refractivity contribution in [2.24, 2.45) is 5.92 Å². The Morgan fingerprint density at radius 1 is 1.09 bits per heavy atom. The zero-order chi connectivity index (χ0) is 32.9. The van der Waals surface area contributed by atoms with E-state index < -0.39 is 27.6 Å². The second kappa shape index (κ2) is 13.6. The Hall–Kier alpha value is -4.59. The standard InChI is InChI=1S/C31H40N6O7S/c1-31(2,3)44-30(41)34-14-11-20-12-15-36(16-13-20)28(38)26-25(32)23-10-9-21(27(33)35-29(39)40)19-24(23)37(26)17-18-45(42,43)22-7-5-4-6-8-22/h4-10,19-20H,11-18,32H2,1-3H3,(H2,33,35)(H,34,41)(H,39,40). The lowest BCUT2D eigenvalue weighted by Gasteiger charge is -2.32. The summed E-state index contributed by atoms with van der Waals surface area (Å²) in [7, 11) is -3.72. The summed E-state index contributed by atoms with van der Waals surface area (Å²) in [5.41, 5.74) is 6.93. The predicted octanol–water partition coefficient (Wildman–Crippen LogP) is 4.06. The number of amides is 3. The normalized spacial score (nSPS) is 14.2. The number of carbonyl (C=O) groups is 3. The van der Waals surface area contributed by atoms with Gasteiger partial charge in [0.15, 0.2) is 9.84 Å². The first-order valence-corrected chi connectivity index (χ1v) is 16.4. The maximum atomic E-state index is 14.0. The van der Waals surface area contributed by atoms with Gasteiger partial charge in [0.05, 0.1) is 21.9 Å². The van der Waals surface area contributed by atoms with E-state index in [4.69, 9.17) is 21.0 Å². The van der Waals surface area contributed by atoms with E-state index in [0.29, 0.717) is 49.3 Å². The number of nitrogen functional groups attached to an aromatic ring is 1. The predicted molar refractivity (Wildman–Crippen MR) is 170 cm³/mol. The Labute approximate surface area is 262 Å². The number of amidine groups is 1.